The van der Waals surface area contributed by atoms with Crippen LogP contribution < -0.4 is 35.0 Å². The molecule has 0 spiro atoms. The van der Waals surface area contributed by atoms with E-state index in [1.54, 1.807) is 49.4 Å². The molecule has 3 aliphatic heterocycles. The first-order valence-corrected chi connectivity index (χ1v) is 24.4. The van der Waals surface area contributed by atoms with Gasteiger partial charge < -0.3 is 39.7 Å². The molecule has 2 saturated heterocycles. The first-order chi connectivity index (χ1) is 32.6. The van der Waals surface area contributed by atoms with Crippen LogP contribution in [0.3, 0.4) is 0 Å². The summed E-state index contributed by atoms with van der Waals surface area (Å²) in [6.45, 7) is 4.84. The third-order valence-corrected chi connectivity index (χ3v) is 13.3. The van der Waals surface area contributed by atoms with E-state index in [0.29, 0.717) is 64.2 Å². The van der Waals surface area contributed by atoms with E-state index in [2.05, 4.69) is 64.4 Å². The molecule has 3 aliphatic rings. The Kier molecular flexibility index (Phi) is 14.1. The van der Waals surface area contributed by atoms with Crippen LogP contribution in [0.5, 0.6) is 11.5 Å². The van der Waals surface area contributed by atoms with E-state index < -0.39 is 22.0 Å². The van der Waals surface area contributed by atoms with Gasteiger partial charge in [0, 0.05) is 81.0 Å². The van der Waals surface area contributed by atoms with Gasteiger partial charge in [-0.25, -0.2) is 13.4 Å². The lowest BCUT2D eigenvalue weighted by atomic mass is 10.0. The number of sulfonamides is 1. The number of hydrogen-bond acceptors (Lipinski definition) is 16. The quantitative estimate of drug-likeness (QED) is 0.0925. The maximum atomic E-state index is 13.2. The highest BCUT2D eigenvalue weighted by Crippen LogP contribution is 2.39. The van der Waals surface area contributed by atoms with Gasteiger partial charge >= 0.3 is 0 Å². The van der Waals surface area contributed by atoms with Crippen molar-refractivity contribution in [2.24, 2.45) is 0 Å². The molecule has 1 unspecified atom stereocenters. The number of fused-ring (bicyclic) bond motifs is 2. The van der Waals surface area contributed by atoms with Crippen LogP contribution in [-0.4, -0.2) is 139 Å². The second kappa shape index (κ2) is 20.2. The van der Waals surface area contributed by atoms with E-state index in [-0.39, 0.29) is 66.2 Å². The molecule has 22 heteroatoms. The molecule has 0 bridgehead atoms. The Balaban J connectivity index is 0.852. The zero-order chi connectivity index (χ0) is 48.3. The minimum Gasteiger partial charge on any atom is -0.494 e. The van der Waals surface area contributed by atoms with Crippen molar-refractivity contribution in [1.29, 1.82) is 0 Å². The number of methoxy groups -OCH3 is 1. The van der Waals surface area contributed by atoms with Gasteiger partial charge in [-0.05, 0) is 68.6 Å². The van der Waals surface area contributed by atoms with E-state index in [0.717, 1.165) is 49.9 Å². The Morgan fingerprint density at radius 1 is 0.971 bits per heavy atom. The number of halogens is 1. The number of likely N-dealkylation sites (N-methyl/N-ethyl adjacent to an activating group) is 2. The molecular formula is C46H53ClN12O8S. The first kappa shape index (κ1) is 47.6. The highest BCUT2D eigenvalue weighted by atomic mass is 35.5. The fraction of sp³-hybridized carbons (Fsp3) is 0.391. The number of piperidine rings is 2. The molecule has 0 radical (unpaired) electrons. The van der Waals surface area contributed by atoms with Crippen LogP contribution in [0.15, 0.2) is 61.1 Å². The van der Waals surface area contributed by atoms with Crippen LogP contribution in [0.25, 0.3) is 11.0 Å². The molecule has 0 saturated carbocycles. The summed E-state index contributed by atoms with van der Waals surface area (Å²) in [5.74, 6) is 0.120. The smallest absolute Gasteiger partial charge is 0.260 e. The SMILES string of the molecule is CCc1cc(Nc2ncc(Cl)c(Nc3ccc4nccnc4c3NS(C)(=O)=O)n2)c(OC)cc1N1CCC(N(C)CCN(C)C(=O)COc2cccc3c2CN(C2CCC(=O)NC2=O)C3=O)CC1. The molecule has 2 fully saturated rings. The van der Waals surface area contributed by atoms with Crippen molar-refractivity contribution in [3.05, 3.63) is 82.8 Å². The molecule has 4 N–H and O–H groups in total. The van der Waals surface area contributed by atoms with E-state index in [4.69, 9.17) is 21.1 Å². The van der Waals surface area contributed by atoms with Crippen molar-refractivity contribution in [2.75, 3.05) is 80.5 Å². The molecule has 358 valence electrons. The number of aromatic nitrogens is 4. The van der Waals surface area contributed by atoms with Gasteiger partial charge in [0.1, 0.15) is 28.1 Å². The lowest BCUT2D eigenvalue weighted by Crippen LogP contribution is -2.52. The zero-order valence-corrected chi connectivity index (χ0v) is 39.9. The number of nitrogens with one attached hydrogen (secondary N) is 4. The van der Waals surface area contributed by atoms with Crippen LogP contribution in [0.1, 0.15) is 54.1 Å². The van der Waals surface area contributed by atoms with Crippen molar-refractivity contribution in [3.8, 4) is 11.5 Å². The maximum Gasteiger partial charge on any atom is 0.260 e. The van der Waals surface area contributed by atoms with Gasteiger partial charge in [0.2, 0.25) is 27.8 Å². The maximum absolute atomic E-state index is 13.2. The summed E-state index contributed by atoms with van der Waals surface area (Å²) in [5, 5.41) is 8.94. The lowest BCUT2D eigenvalue weighted by molar-refractivity contribution is -0.137. The number of carbonyl (C=O) groups excluding carboxylic acids is 4. The van der Waals surface area contributed by atoms with Crippen LogP contribution in [-0.2, 0) is 37.4 Å². The number of benzene rings is 3. The van der Waals surface area contributed by atoms with Crippen LogP contribution in [0.2, 0.25) is 5.02 Å². The molecule has 20 nitrogen and oxygen atoms in total. The van der Waals surface area contributed by atoms with Gasteiger partial charge in [-0.1, -0.05) is 24.6 Å². The van der Waals surface area contributed by atoms with Gasteiger partial charge in [-0.2, -0.15) is 4.98 Å². The number of carbonyl (C=O) groups is 4. The Labute approximate surface area is 398 Å². The van der Waals surface area contributed by atoms with E-state index >= 15 is 0 Å². The Hall–Kier alpha value is -6.84. The fourth-order valence-electron chi connectivity index (χ4n) is 8.76. The fourth-order valence-corrected chi connectivity index (χ4v) is 9.47. The molecular weight excluding hydrogens is 916 g/mol. The first-order valence-electron chi connectivity index (χ1n) is 22.2. The number of ether oxygens (including phenoxy) is 2. The molecule has 0 aliphatic carbocycles. The molecule has 68 heavy (non-hydrogen) atoms. The second-order valence-corrected chi connectivity index (χ2v) is 19.1. The Morgan fingerprint density at radius 3 is 2.49 bits per heavy atom. The van der Waals surface area contributed by atoms with Gasteiger partial charge in [0.05, 0.1) is 48.7 Å². The largest absolute Gasteiger partial charge is 0.494 e. The topological polar surface area (TPSA) is 234 Å². The van der Waals surface area contributed by atoms with Crippen molar-refractivity contribution in [1.82, 2.24) is 40.0 Å². The Bertz CT molecular complexity index is 2880. The van der Waals surface area contributed by atoms with Crippen LogP contribution in [0, 0.1) is 0 Å². The third-order valence-electron chi connectivity index (χ3n) is 12.5. The second-order valence-electron chi connectivity index (χ2n) is 16.9. The Morgan fingerprint density at radius 2 is 1.75 bits per heavy atom. The molecule has 5 aromatic rings. The minimum absolute atomic E-state index is 0.156. The van der Waals surface area contributed by atoms with Crippen molar-refractivity contribution in [2.45, 2.75) is 57.7 Å². The van der Waals surface area contributed by atoms with E-state index in [1.807, 2.05) is 12.1 Å². The number of amides is 4. The predicted molar refractivity (Wildman–Crippen MR) is 257 cm³/mol. The van der Waals surface area contributed by atoms with Crippen molar-refractivity contribution >= 4 is 90.8 Å². The monoisotopic (exact) mass is 968 g/mol. The van der Waals surface area contributed by atoms with Gasteiger partial charge in [-0.15, -0.1) is 0 Å². The van der Waals surface area contributed by atoms with Crippen molar-refractivity contribution in [3.63, 3.8) is 0 Å². The summed E-state index contributed by atoms with van der Waals surface area (Å²) in [6.07, 6.45) is 8.49. The minimum atomic E-state index is -3.69. The summed E-state index contributed by atoms with van der Waals surface area (Å²) in [7, 11) is 1.74. The molecule has 2 aromatic heterocycles. The number of hydrogen-bond donors (Lipinski definition) is 4. The zero-order valence-electron chi connectivity index (χ0n) is 38.3. The average molecular weight is 970 g/mol. The van der Waals surface area contributed by atoms with Gasteiger partial charge in [-0.3, -0.25) is 39.2 Å². The number of nitrogens with zero attached hydrogens (tertiary/aromatic N) is 8. The molecule has 4 amide bonds. The number of aryl methyl sites for hydroxylation is 1. The normalized spacial score (nSPS) is 16.5. The summed E-state index contributed by atoms with van der Waals surface area (Å²) in [5.41, 5.74) is 5.27. The highest BCUT2D eigenvalue weighted by molar-refractivity contribution is 7.92. The summed E-state index contributed by atoms with van der Waals surface area (Å²) >= 11 is 6.56. The highest BCUT2D eigenvalue weighted by Gasteiger charge is 2.40. The molecule has 3 aromatic carbocycles. The molecule has 5 heterocycles. The summed E-state index contributed by atoms with van der Waals surface area (Å²) in [4.78, 5) is 76.1. The van der Waals surface area contributed by atoms with Crippen molar-refractivity contribution < 1.29 is 37.1 Å². The van der Waals surface area contributed by atoms with Crippen LogP contribution in [0.4, 0.5) is 34.5 Å². The number of anilines is 6. The number of rotatable bonds is 17. The molecule has 1 atom stereocenters. The summed E-state index contributed by atoms with van der Waals surface area (Å²) in [6, 6.07) is 12.1. The predicted octanol–water partition coefficient (Wildman–Crippen LogP) is 4.70. The van der Waals surface area contributed by atoms with Gasteiger partial charge in [0.25, 0.3) is 11.8 Å². The van der Waals surface area contributed by atoms with Gasteiger partial charge in [0.15, 0.2) is 12.4 Å². The average Bonchev–Trinajstić information content (AvgIpc) is 3.66. The standard InChI is InChI=1S/C46H53ClN12O8S/c1-6-27-22-34(52-46-50-24-31(47)43(54-46)51-33-11-10-32-41(49-17-16-48-32)42(33)55-68(5,64)65)38(66-4)23-36(27)58-18-14-28(15-19-58)56(2)20-21-57(3)40(61)26-67-37-9-7-8-29-30(37)25-59(45(29)63)35-12-13-39(60)53-44(35)62/h7-11,16-17,22-24,28,35,55H,6,12-15,18-21,25-26H2,1-5H3,(H,53,60,62)(H2,50,51,52,54). The van der Waals surface area contributed by atoms with E-state index in [1.165, 1.54) is 23.5 Å². The third kappa shape index (κ3) is 10.5. The number of imide groups is 1. The van der Waals surface area contributed by atoms with Crippen LogP contribution >= 0.6 is 11.6 Å². The molecule has 8 rings (SSSR count). The van der Waals surface area contributed by atoms with E-state index in [9.17, 15) is 27.6 Å². The summed E-state index contributed by atoms with van der Waals surface area (Å²) < 4.78 is 39.1. The lowest BCUT2D eigenvalue weighted by Gasteiger charge is -2.39.